The summed E-state index contributed by atoms with van der Waals surface area (Å²) in [4.78, 5) is 7.92. The van der Waals surface area contributed by atoms with Crippen LogP contribution in [0.1, 0.15) is 11.9 Å². The van der Waals surface area contributed by atoms with Crippen LogP contribution >= 0.6 is 11.6 Å². The van der Waals surface area contributed by atoms with E-state index in [4.69, 9.17) is 16.3 Å². The molecule has 0 aromatic carbocycles. The molecule has 0 fully saturated rings. The van der Waals surface area contributed by atoms with Crippen LogP contribution in [0.4, 0.5) is 0 Å². The maximum absolute atomic E-state index is 5.78. The maximum atomic E-state index is 5.78. The molecular weight excluding hydrogens is 178 g/mol. The summed E-state index contributed by atoms with van der Waals surface area (Å²) in [7, 11) is 3.34. The molecular formula is C7H10ClN3O. The van der Waals surface area contributed by atoms with Gasteiger partial charge in [-0.15, -0.1) is 0 Å². The molecule has 1 atom stereocenters. The Kier molecular flexibility index (Phi) is 3.40. The first-order valence-corrected chi connectivity index (χ1v) is 3.84. The van der Waals surface area contributed by atoms with E-state index in [1.807, 2.05) is 0 Å². The van der Waals surface area contributed by atoms with Crippen LogP contribution < -0.4 is 5.32 Å². The summed E-state index contributed by atoms with van der Waals surface area (Å²) < 4.78 is 5.07. The molecule has 66 valence electrons. The highest BCUT2D eigenvalue weighted by molar-refractivity contribution is 6.30. The van der Waals surface area contributed by atoms with E-state index in [-0.39, 0.29) is 6.23 Å². The van der Waals surface area contributed by atoms with Crippen molar-refractivity contribution in [3.8, 4) is 0 Å². The van der Waals surface area contributed by atoms with E-state index in [0.717, 1.165) is 0 Å². The Morgan fingerprint density at radius 3 is 2.67 bits per heavy atom. The van der Waals surface area contributed by atoms with Crippen LogP contribution in [0.5, 0.6) is 0 Å². The summed E-state index contributed by atoms with van der Waals surface area (Å²) in [5.41, 5.74) is 0.601. The number of methoxy groups -OCH3 is 1. The zero-order valence-corrected chi connectivity index (χ0v) is 7.67. The van der Waals surface area contributed by atoms with Gasteiger partial charge in [-0.05, 0) is 7.05 Å². The van der Waals surface area contributed by atoms with Gasteiger partial charge in [0.2, 0.25) is 0 Å². The van der Waals surface area contributed by atoms with Crippen molar-refractivity contribution in [3.05, 3.63) is 23.2 Å². The molecule has 0 bridgehead atoms. The van der Waals surface area contributed by atoms with E-state index in [2.05, 4.69) is 15.3 Å². The molecule has 1 aromatic heterocycles. The Labute approximate surface area is 75.9 Å². The van der Waals surface area contributed by atoms with Crippen LogP contribution in [-0.4, -0.2) is 24.1 Å². The monoisotopic (exact) mass is 187 g/mol. The van der Waals surface area contributed by atoms with Gasteiger partial charge >= 0.3 is 0 Å². The van der Waals surface area contributed by atoms with Crippen LogP contribution in [0, 0.1) is 0 Å². The third-order valence-electron chi connectivity index (χ3n) is 1.43. The number of halogens is 1. The second-order valence-electron chi connectivity index (χ2n) is 2.14. The normalized spacial score (nSPS) is 12.9. The van der Waals surface area contributed by atoms with Gasteiger partial charge in [-0.1, -0.05) is 11.6 Å². The molecule has 0 aliphatic carbocycles. The highest BCUT2D eigenvalue weighted by atomic mass is 35.5. The molecule has 1 heterocycles. The number of hydrogen-bond donors (Lipinski definition) is 1. The number of hydrogen-bond acceptors (Lipinski definition) is 4. The Morgan fingerprint density at radius 1 is 1.50 bits per heavy atom. The van der Waals surface area contributed by atoms with Crippen LogP contribution in [-0.2, 0) is 4.74 Å². The van der Waals surface area contributed by atoms with Crippen molar-refractivity contribution in [2.45, 2.75) is 6.23 Å². The fraction of sp³-hybridized carbons (Fsp3) is 0.429. The molecule has 1 unspecified atom stereocenters. The van der Waals surface area contributed by atoms with Crippen molar-refractivity contribution < 1.29 is 4.74 Å². The van der Waals surface area contributed by atoms with Crippen LogP contribution in [0.3, 0.4) is 0 Å². The maximum Gasteiger partial charge on any atom is 0.154 e. The first-order valence-electron chi connectivity index (χ1n) is 3.46. The van der Waals surface area contributed by atoms with E-state index < -0.39 is 0 Å². The van der Waals surface area contributed by atoms with Gasteiger partial charge in [-0.25, -0.2) is 4.98 Å². The van der Waals surface area contributed by atoms with Crippen molar-refractivity contribution in [1.82, 2.24) is 15.3 Å². The Bertz CT molecular complexity index is 252. The van der Waals surface area contributed by atoms with Gasteiger partial charge in [0, 0.05) is 19.5 Å². The molecule has 0 spiro atoms. The lowest BCUT2D eigenvalue weighted by atomic mass is 10.4. The predicted octanol–water partition coefficient (Wildman–Crippen LogP) is 0.994. The Hall–Kier alpha value is -0.710. The quantitative estimate of drug-likeness (QED) is 0.718. The highest BCUT2D eigenvalue weighted by Gasteiger charge is 2.12. The van der Waals surface area contributed by atoms with E-state index in [0.29, 0.717) is 10.8 Å². The van der Waals surface area contributed by atoms with Crippen LogP contribution in [0.2, 0.25) is 5.15 Å². The molecule has 4 nitrogen and oxygen atoms in total. The van der Waals surface area contributed by atoms with E-state index >= 15 is 0 Å². The Morgan fingerprint density at radius 2 is 2.17 bits per heavy atom. The lowest BCUT2D eigenvalue weighted by molar-refractivity contribution is 0.0771. The average molecular weight is 188 g/mol. The summed E-state index contributed by atoms with van der Waals surface area (Å²) in [6.45, 7) is 0. The SMILES string of the molecule is CNC(OC)c1nccnc1Cl. The molecule has 1 rings (SSSR count). The zero-order valence-electron chi connectivity index (χ0n) is 6.91. The summed E-state index contributed by atoms with van der Waals surface area (Å²) in [6, 6.07) is 0. The number of nitrogens with zero attached hydrogens (tertiary/aromatic N) is 2. The zero-order chi connectivity index (χ0) is 8.97. The van der Waals surface area contributed by atoms with Crippen molar-refractivity contribution in [2.75, 3.05) is 14.2 Å². The van der Waals surface area contributed by atoms with E-state index in [1.54, 1.807) is 20.4 Å². The number of nitrogens with one attached hydrogen (secondary N) is 1. The Balaban J connectivity index is 2.92. The molecule has 12 heavy (non-hydrogen) atoms. The highest BCUT2D eigenvalue weighted by Crippen LogP contribution is 2.17. The average Bonchev–Trinajstić information content (AvgIpc) is 2.10. The molecule has 0 aliphatic heterocycles. The van der Waals surface area contributed by atoms with E-state index in [9.17, 15) is 0 Å². The molecule has 0 amide bonds. The molecule has 1 N–H and O–H groups in total. The molecule has 1 aromatic rings. The second kappa shape index (κ2) is 4.35. The standard InChI is InChI=1S/C7H10ClN3O/c1-9-7(12-2)5-6(8)11-4-3-10-5/h3-4,7,9H,1-2H3. The summed E-state index contributed by atoms with van der Waals surface area (Å²) in [5, 5.41) is 3.26. The lowest BCUT2D eigenvalue weighted by Gasteiger charge is -2.13. The van der Waals surface area contributed by atoms with Crippen molar-refractivity contribution in [1.29, 1.82) is 0 Å². The summed E-state index contributed by atoms with van der Waals surface area (Å²) >= 11 is 5.78. The first kappa shape index (κ1) is 9.38. The van der Waals surface area contributed by atoms with Crippen LogP contribution in [0.15, 0.2) is 12.4 Å². The fourth-order valence-corrected chi connectivity index (χ4v) is 1.08. The van der Waals surface area contributed by atoms with Crippen molar-refractivity contribution in [3.63, 3.8) is 0 Å². The van der Waals surface area contributed by atoms with E-state index in [1.165, 1.54) is 6.20 Å². The van der Waals surface area contributed by atoms with Gasteiger partial charge in [0.1, 0.15) is 5.69 Å². The number of aromatic nitrogens is 2. The minimum absolute atomic E-state index is 0.300. The first-order chi connectivity index (χ1) is 5.79. The minimum Gasteiger partial charge on any atom is -0.361 e. The molecule has 0 saturated carbocycles. The number of rotatable bonds is 3. The topological polar surface area (TPSA) is 47.0 Å². The van der Waals surface area contributed by atoms with Gasteiger partial charge in [-0.3, -0.25) is 10.3 Å². The molecule has 0 saturated heterocycles. The minimum atomic E-state index is -0.300. The molecule has 0 radical (unpaired) electrons. The summed E-state index contributed by atoms with van der Waals surface area (Å²) in [5.74, 6) is 0. The summed E-state index contributed by atoms with van der Waals surface area (Å²) in [6.07, 6.45) is 2.81. The number of ether oxygens (including phenoxy) is 1. The van der Waals surface area contributed by atoms with Crippen LogP contribution in [0.25, 0.3) is 0 Å². The van der Waals surface area contributed by atoms with Gasteiger partial charge in [0.15, 0.2) is 11.4 Å². The van der Waals surface area contributed by atoms with Gasteiger partial charge in [0.25, 0.3) is 0 Å². The molecule has 0 aliphatic rings. The fourth-order valence-electron chi connectivity index (χ4n) is 0.874. The van der Waals surface area contributed by atoms with Gasteiger partial charge in [0.05, 0.1) is 0 Å². The van der Waals surface area contributed by atoms with Gasteiger partial charge < -0.3 is 4.74 Å². The third kappa shape index (κ3) is 1.91. The molecule has 5 heteroatoms. The van der Waals surface area contributed by atoms with Gasteiger partial charge in [-0.2, -0.15) is 0 Å². The van der Waals surface area contributed by atoms with Crippen molar-refractivity contribution in [2.24, 2.45) is 0 Å². The second-order valence-corrected chi connectivity index (χ2v) is 2.49. The largest absolute Gasteiger partial charge is 0.361 e. The third-order valence-corrected chi connectivity index (χ3v) is 1.72. The predicted molar refractivity (Wildman–Crippen MR) is 45.9 cm³/mol. The van der Waals surface area contributed by atoms with Crippen molar-refractivity contribution >= 4 is 11.6 Å². The smallest absolute Gasteiger partial charge is 0.154 e. The lowest BCUT2D eigenvalue weighted by Crippen LogP contribution is -2.19.